The minimum absolute atomic E-state index is 0.0190. The van der Waals surface area contributed by atoms with Crippen LogP contribution in [0.4, 0.5) is 8.78 Å². The standard InChI is InChI=1S/C26H26F2N2O3/c1-25(27,28)20-6-8-21(9-7-20)33-23-4-2-3-18-13-19(5-10-22(18)23)24(32)30-16-26(17-30)14-29(15-26)11-12-31/h2-10,13,31H,11-12,14-17H2,1H3. The van der Waals surface area contributed by atoms with E-state index in [1.165, 1.54) is 24.3 Å². The fourth-order valence-electron chi connectivity index (χ4n) is 4.91. The molecule has 1 spiro atoms. The van der Waals surface area contributed by atoms with Crippen molar-refractivity contribution < 1.29 is 23.4 Å². The molecule has 2 heterocycles. The number of fused-ring (bicyclic) bond motifs is 1. The highest BCUT2D eigenvalue weighted by atomic mass is 19.3. The number of aliphatic hydroxyl groups excluding tert-OH is 1. The predicted octanol–water partition coefficient (Wildman–Crippen LogP) is 4.49. The van der Waals surface area contributed by atoms with E-state index in [1.54, 1.807) is 0 Å². The molecule has 3 aromatic carbocycles. The zero-order valence-corrected chi connectivity index (χ0v) is 18.4. The van der Waals surface area contributed by atoms with E-state index in [9.17, 15) is 13.6 Å². The van der Waals surface area contributed by atoms with Crippen molar-refractivity contribution in [1.29, 1.82) is 0 Å². The van der Waals surface area contributed by atoms with Crippen LogP contribution < -0.4 is 4.74 Å². The topological polar surface area (TPSA) is 53.0 Å². The zero-order chi connectivity index (χ0) is 23.2. The molecule has 0 bridgehead atoms. The number of carbonyl (C=O) groups excluding carboxylic acids is 1. The molecular formula is C26H26F2N2O3. The summed E-state index contributed by atoms with van der Waals surface area (Å²) in [5.74, 6) is -1.80. The minimum atomic E-state index is -2.89. The minimum Gasteiger partial charge on any atom is -0.457 e. The number of aliphatic hydroxyl groups is 1. The molecule has 2 aliphatic rings. The van der Waals surface area contributed by atoms with Gasteiger partial charge < -0.3 is 14.7 Å². The predicted molar refractivity (Wildman–Crippen MR) is 122 cm³/mol. The molecule has 3 aromatic rings. The summed E-state index contributed by atoms with van der Waals surface area (Å²) in [5, 5.41) is 10.8. The number of alkyl halides is 2. The lowest BCUT2D eigenvalue weighted by Crippen LogP contribution is -2.73. The second kappa shape index (κ2) is 8.08. The fourth-order valence-corrected chi connectivity index (χ4v) is 4.91. The van der Waals surface area contributed by atoms with Gasteiger partial charge in [-0.3, -0.25) is 9.69 Å². The zero-order valence-electron chi connectivity index (χ0n) is 18.4. The number of hydrogen-bond donors (Lipinski definition) is 1. The Hall–Kier alpha value is -3.03. The van der Waals surface area contributed by atoms with Crippen molar-refractivity contribution in [1.82, 2.24) is 9.80 Å². The first-order valence-electron chi connectivity index (χ1n) is 11.1. The van der Waals surface area contributed by atoms with Crippen LogP contribution in [0.3, 0.4) is 0 Å². The van der Waals surface area contributed by atoms with E-state index in [2.05, 4.69) is 4.90 Å². The van der Waals surface area contributed by atoms with Gasteiger partial charge >= 0.3 is 0 Å². The summed E-state index contributed by atoms with van der Waals surface area (Å²) < 4.78 is 32.8. The highest BCUT2D eigenvalue weighted by molar-refractivity contribution is 6.00. The molecular weight excluding hydrogens is 426 g/mol. The van der Waals surface area contributed by atoms with Gasteiger partial charge in [0, 0.05) is 61.6 Å². The summed E-state index contributed by atoms with van der Waals surface area (Å²) in [7, 11) is 0. The summed E-state index contributed by atoms with van der Waals surface area (Å²) in [4.78, 5) is 17.1. The first-order valence-corrected chi connectivity index (χ1v) is 11.1. The molecule has 7 heteroatoms. The molecule has 5 nitrogen and oxygen atoms in total. The molecule has 0 aromatic heterocycles. The highest BCUT2D eigenvalue weighted by Crippen LogP contribution is 2.40. The van der Waals surface area contributed by atoms with Gasteiger partial charge in [0.25, 0.3) is 11.8 Å². The van der Waals surface area contributed by atoms with Crippen LogP contribution in [0.5, 0.6) is 11.5 Å². The maximum Gasteiger partial charge on any atom is 0.270 e. The third-order valence-corrected chi connectivity index (χ3v) is 6.55. The monoisotopic (exact) mass is 452 g/mol. The van der Waals surface area contributed by atoms with Gasteiger partial charge in [-0.15, -0.1) is 0 Å². The van der Waals surface area contributed by atoms with E-state index in [0.717, 1.165) is 43.9 Å². The van der Waals surface area contributed by atoms with E-state index < -0.39 is 5.92 Å². The Morgan fingerprint density at radius 1 is 1.06 bits per heavy atom. The van der Waals surface area contributed by atoms with Gasteiger partial charge in [0.1, 0.15) is 11.5 Å². The van der Waals surface area contributed by atoms with Gasteiger partial charge in [-0.25, -0.2) is 8.78 Å². The van der Waals surface area contributed by atoms with Crippen molar-refractivity contribution in [3.63, 3.8) is 0 Å². The second-order valence-electron chi connectivity index (χ2n) is 9.30. The van der Waals surface area contributed by atoms with Crippen molar-refractivity contribution in [2.24, 2.45) is 5.41 Å². The van der Waals surface area contributed by atoms with Crippen molar-refractivity contribution in [2.45, 2.75) is 12.8 Å². The number of ether oxygens (including phenoxy) is 1. The van der Waals surface area contributed by atoms with Crippen molar-refractivity contribution in [2.75, 3.05) is 39.3 Å². The number of rotatable bonds is 6. The summed E-state index contributed by atoms with van der Waals surface area (Å²) in [5.41, 5.74) is 0.766. The maximum absolute atomic E-state index is 13.4. The largest absolute Gasteiger partial charge is 0.457 e. The Morgan fingerprint density at radius 2 is 1.79 bits per heavy atom. The van der Waals surface area contributed by atoms with E-state index >= 15 is 0 Å². The molecule has 2 aliphatic heterocycles. The highest BCUT2D eigenvalue weighted by Gasteiger charge is 2.52. The molecule has 0 aliphatic carbocycles. The second-order valence-corrected chi connectivity index (χ2v) is 9.30. The number of nitrogens with zero attached hydrogens (tertiary/aromatic N) is 2. The summed E-state index contributed by atoms with van der Waals surface area (Å²) >= 11 is 0. The Labute approximate surface area is 191 Å². The summed E-state index contributed by atoms with van der Waals surface area (Å²) in [6, 6.07) is 16.9. The molecule has 1 N–H and O–H groups in total. The van der Waals surface area contributed by atoms with E-state index in [4.69, 9.17) is 9.84 Å². The number of amides is 1. The van der Waals surface area contributed by atoms with Crippen LogP contribution in [-0.4, -0.2) is 60.1 Å². The van der Waals surface area contributed by atoms with E-state index in [-0.39, 0.29) is 23.5 Å². The molecule has 172 valence electrons. The quantitative estimate of drug-likeness (QED) is 0.599. The van der Waals surface area contributed by atoms with E-state index in [0.29, 0.717) is 23.6 Å². The molecule has 0 unspecified atom stereocenters. The molecule has 0 radical (unpaired) electrons. The number of β-amino-alcohol motifs (C(OH)–C–C–N with tert-alkyl or cyclic N) is 1. The first kappa shape index (κ1) is 21.8. The van der Waals surface area contributed by atoms with Crippen LogP contribution in [0, 0.1) is 5.41 Å². The summed E-state index contributed by atoms with van der Waals surface area (Å²) in [6.07, 6.45) is 0. The Balaban J connectivity index is 1.28. The molecule has 0 saturated carbocycles. The molecule has 1 amide bonds. The van der Waals surface area contributed by atoms with Gasteiger partial charge in [0.05, 0.1) is 6.61 Å². The first-order chi connectivity index (χ1) is 15.8. The van der Waals surface area contributed by atoms with Crippen molar-refractivity contribution in [3.05, 3.63) is 71.8 Å². The van der Waals surface area contributed by atoms with Crippen LogP contribution in [0.2, 0.25) is 0 Å². The van der Waals surface area contributed by atoms with Crippen molar-refractivity contribution >= 4 is 16.7 Å². The molecule has 0 atom stereocenters. The number of likely N-dealkylation sites (tertiary alicyclic amines) is 2. The SMILES string of the molecule is CC(F)(F)c1ccc(Oc2cccc3cc(C(=O)N4CC5(CN(CCO)C5)C4)ccc23)cc1. The normalized spacial score (nSPS) is 17.6. The number of hydrogen-bond acceptors (Lipinski definition) is 4. The van der Waals surface area contributed by atoms with Crippen LogP contribution in [0.1, 0.15) is 22.8 Å². The lowest BCUT2D eigenvalue weighted by Gasteiger charge is -2.60. The average molecular weight is 453 g/mol. The van der Waals surface area contributed by atoms with Crippen LogP contribution >= 0.6 is 0 Å². The Morgan fingerprint density at radius 3 is 2.45 bits per heavy atom. The van der Waals surface area contributed by atoms with Crippen LogP contribution in [0.15, 0.2) is 60.7 Å². The smallest absolute Gasteiger partial charge is 0.270 e. The third kappa shape index (κ3) is 4.18. The van der Waals surface area contributed by atoms with Gasteiger partial charge in [-0.2, -0.15) is 0 Å². The van der Waals surface area contributed by atoms with Gasteiger partial charge in [-0.05, 0) is 53.9 Å². The number of benzene rings is 3. The van der Waals surface area contributed by atoms with Gasteiger partial charge in [0.15, 0.2) is 0 Å². The van der Waals surface area contributed by atoms with Crippen molar-refractivity contribution in [3.8, 4) is 11.5 Å². The Kier molecular flexibility index (Phi) is 5.34. The Bertz CT molecular complexity index is 1180. The lowest BCUT2D eigenvalue weighted by molar-refractivity contribution is -0.101. The van der Waals surface area contributed by atoms with Crippen LogP contribution in [0.25, 0.3) is 10.8 Å². The third-order valence-electron chi connectivity index (χ3n) is 6.55. The van der Waals surface area contributed by atoms with Gasteiger partial charge in [-0.1, -0.05) is 12.1 Å². The molecule has 5 rings (SSSR count). The maximum atomic E-state index is 13.4. The molecule has 33 heavy (non-hydrogen) atoms. The summed E-state index contributed by atoms with van der Waals surface area (Å²) in [6.45, 7) is 5.11. The van der Waals surface area contributed by atoms with Gasteiger partial charge in [0.2, 0.25) is 0 Å². The average Bonchev–Trinajstić information content (AvgIpc) is 2.73. The van der Waals surface area contributed by atoms with E-state index in [1.807, 2.05) is 41.3 Å². The lowest BCUT2D eigenvalue weighted by atomic mass is 9.72. The fraction of sp³-hybridized carbons (Fsp3) is 0.346. The molecule has 2 saturated heterocycles. The number of halogens is 2. The number of carbonyl (C=O) groups is 1. The molecule has 2 fully saturated rings. The van der Waals surface area contributed by atoms with Crippen LogP contribution in [-0.2, 0) is 5.92 Å².